The van der Waals surface area contributed by atoms with Gasteiger partial charge in [0, 0.05) is 11.1 Å². The molecule has 1 aliphatic heterocycles. The molecule has 2 aromatic rings. The molecule has 0 aromatic heterocycles. The van der Waals surface area contributed by atoms with Gasteiger partial charge < -0.3 is 9.64 Å². The molecule has 0 saturated heterocycles. The number of amides is 1. The van der Waals surface area contributed by atoms with Crippen LogP contribution in [0.25, 0.3) is 0 Å². The van der Waals surface area contributed by atoms with E-state index in [1.165, 1.54) is 17.0 Å². The summed E-state index contributed by atoms with van der Waals surface area (Å²) in [5.74, 6) is -1.48. The Morgan fingerprint density at radius 1 is 1.07 bits per heavy atom. The number of nitrogens with zero attached hydrogens (tertiary/aromatic N) is 1. The van der Waals surface area contributed by atoms with Crippen LogP contribution in [0.15, 0.2) is 66.1 Å². The molecule has 6 nitrogen and oxygen atoms in total. The summed E-state index contributed by atoms with van der Waals surface area (Å²) in [4.78, 5) is 26.2. The molecule has 1 amide bonds. The van der Waals surface area contributed by atoms with Gasteiger partial charge in [-0.15, -0.1) is 0 Å². The second-order valence-corrected chi connectivity index (χ2v) is 8.22. The van der Waals surface area contributed by atoms with Gasteiger partial charge in [0.2, 0.25) is 0 Å². The third-order valence-electron chi connectivity index (χ3n) is 3.97. The van der Waals surface area contributed by atoms with Crippen molar-refractivity contribution in [1.29, 1.82) is 0 Å². The Kier molecular flexibility index (Phi) is 5.62. The highest BCUT2D eigenvalue weighted by molar-refractivity contribution is 7.94. The van der Waals surface area contributed by atoms with Gasteiger partial charge in [0.25, 0.3) is 5.91 Å². The molecule has 0 aliphatic carbocycles. The molecule has 0 bridgehead atoms. The summed E-state index contributed by atoms with van der Waals surface area (Å²) >= 11 is 5.96. The number of halogens is 1. The van der Waals surface area contributed by atoms with Crippen LogP contribution in [0.1, 0.15) is 10.4 Å². The molecule has 1 heterocycles. The molecule has 140 valence electrons. The number of benzene rings is 2. The van der Waals surface area contributed by atoms with Crippen LogP contribution in [0.5, 0.6) is 0 Å². The van der Waals surface area contributed by atoms with E-state index in [1.807, 2.05) is 0 Å². The first-order chi connectivity index (χ1) is 12.9. The maximum atomic E-state index is 12.7. The summed E-state index contributed by atoms with van der Waals surface area (Å²) in [6.07, 6.45) is 1.45. The smallest absolute Gasteiger partial charge is 0.340 e. The van der Waals surface area contributed by atoms with Crippen LogP contribution < -0.4 is 4.90 Å². The van der Waals surface area contributed by atoms with Crippen molar-refractivity contribution in [1.82, 2.24) is 0 Å². The SMILES string of the molecule is O=C(OCC(=O)N(c1ccccc1)C1C=CS(=O)(=O)C1)c1ccccc1Cl. The number of carbonyl (C=O) groups excluding carboxylic acids is 2. The Bertz CT molecular complexity index is 988. The molecule has 2 aromatic carbocycles. The minimum Gasteiger partial charge on any atom is -0.452 e. The number of para-hydroxylation sites is 1. The fourth-order valence-corrected chi connectivity index (χ4v) is 4.21. The van der Waals surface area contributed by atoms with E-state index in [0.29, 0.717) is 5.69 Å². The fourth-order valence-electron chi connectivity index (χ4n) is 2.73. The number of rotatable bonds is 5. The quantitative estimate of drug-likeness (QED) is 0.714. The molecule has 0 spiro atoms. The average Bonchev–Trinajstić information content (AvgIpc) is 3.00. The van der Waals surface area contributed by atoms with Crippen molar-refractivity contribution in [3.05, 3.63) is 76.7 Å². The van der Waals surface area contributed by atoms with Crippen LogP contribution in [0.2, 0.25) is 5.02 Å². The summed E-state index contributed by atoms with van der Waals surface area (Å²) < 4.78 is 28.6. The highest BCUT2D eigenvalue weighted by atomic mass is 35.5. The minimum absolute atomic E-state index is 0.154. The maximum absolute atomic E-state index is 12.7. The van der Waals surface area contributed by atoms with E-state index in [9.17, 15) is 18.0 Å². The topological polar surface area (TPSA) is 80.8 Å². The van der Waals surface area contributed by atoms with Gasteiger partial charge >= 0.3 is 5.97 Å². The molecular weight excluding hydrogens is 390 g/mol. The first kappa shape index (κ1) is 19.1. The summed E-state index contributed by atoms with van der Waals surface area (Å²) in [6.45, 7) is -0.538. The lowest BCUT2D eigenvalue weighted by Gasteiger charge is -2.27. The van der Waals surface area contributed by atoms with Crippen LogP contribution in [0, 0.1) is 0 Å². The van der Waals surface area contributed by atoms with Gasteiger partial charge in [0.15, 0.2) is 16.4 Å². The van der Waals surface area contributed by atoms with E-state index in [2.05, 4.69) is 0 Å². The summed E-state index contributed by atoms with van der Waals surface area (Å²) in [7, 11) is -3.36. The van der Waals surface area contributed by atoms with Crippen LogP contribution in [0.3, 0.4) is 0 Å². The maximum Gasteiger partial charge on any atom is 0.340 e. The largest absolute Gasteiger partial charge is 0.452 e. The van der Waals surface area contributed by atoms with Crippen LogP contribution in [0.4, 0.5) is 5.69 Å². The van der Waals surface area contributed by atoms with Gasteiger partial charge in [0.05, 0.1) is 22.4 Å². The zero-order valence-corrected chi connectivity index (χ0v) is 15.7. The normalized spacial score (nSPS) is 17.4. The summed E-state index contributed by atoms with van der Waals surface area (Å²) in [5, 5.41) is 1.32. The predicted octanol–water partition coefficient (Wildman–Crippen LogP) is 2.84. The Labute approximate surface area is 161 Å². The third-order valence-corrected chi connectivity index (χ3v) is 5.67. The van der Waals surface area contributed by atoms with E-state index in [4.69, 9.17) is 16.3 Å². The average molecular weight is 406 g/mol. The molecule has 1 unspecified atom stereocenters. The van der Waals surface area contributed by atoms with E-state index in [-0.39, 0.29) is 16.3 Å². The minimum atomic E-state index is -3.36. The molecule has 1 aliphatic rings. The Balaban J connectivity index is 1.77. The molecule has 27 heavy (non-hydrogen) atoms. The van der Waals surface area contributed by atoms with Crippen molar-refractivity contribution in [2.75, 3.05) is 17.3 Å². The molecule has 0 saturated carbocycles. The van der Waals surface area contributed by atoms with E-state index in [1.54, 1.807) is 48.5 Å². The molecule has 0 fully saturated rings. The number of esters is 1. The lowest BCUT2D eigenvalue weighted by atomic mass is 10.2. The van der Waals surface area contributed by atoms with Gasteiger partial charge in [-0.3, -0.25) is 4.79 Å². The number of hydrogen-bond donors (Lipinski definition) is 0. The van der Waals surface area contributed by atoms with Crippen molar-refractivity contribution >= 4 is 39.0 Å². The second-order valence-electron chi connectivity index (χ2n) is 5.88. The molecule has 8 heteroatoms. The van der Waals surface area contributed by atoms with Crippen molar-refractivity contribution in [2.45, 2.75) is 6.04 Å². The first-order valence-corrected chi connectivity index (χ1v) is 10.2. The van der Waals surface area contributed by atoms with Crippen molar-refractivity contribution in [2.24, 2.45) is 0 Å². The van der Waals surface area contributed by atoms with Crippen LogP contribution in [-0.2, 0) is 19.4 Å². The zero-order chi connectivity index (χ0) is 19.4. The lowest BCUT2D eigenvalue weighted by molar-refractivity contribution is -0.121. The standard InChI is InChI=1S/C19H16ClNO5S/c20-17-9-5-4-8-16(17)19(23)26-12-18(22)21(14-6-2-1-3-7-14)15-10-11-27(24,25)13-15/h1-11,15H,12-13H2. The summed E-state index contributed by atoms with van der Waals surface area (Å²) in [6, 6.07) is 14.3. The van der Waals surface area contributed by atoms with Gasteiger partial charge in [-0.2, -0.15) is 0 Å². The Morgan fingerprint density at radius 3 is 2.37 bits per heavy atom. The van der Waals surface area contributed by atoms with E-state index < -0.39 is 34.4 Å². The monoisotopic (exact) mass is 405 g/mol. The van der Waals surface area contributed by atoms with Gasteiger partial charge in [0.1, 0.15) is 0 Å². The van der Waals surface area contributed by atoms with Crippen LogP contribution in [-0.4, -0.2) is 38.7 Å². The van der Waals surface area contributed by atoms with Gasteiger partial charge in [-0.25, -0.2) is 13.2 Å². The Morgan fingerprint density at radius 2 is 1.74 bits per heavy atom. The number of anilines is 1. The van der Waals surface area contributed by atoms with Crippen molar-refractivity contribution in [3.63, 3.8) is 0 Å². The second kappa shape index (κ2) is 7.94. The fraction of sp³-hybridized carbons (Fsp3) is 0.158. The van der Waals surface area contributed by atoms with Crippen molar-refractivity contribution < 1.29 is 22.7 Å². The van der Waals surface area contributed by atoms with Crippen LogP contribution >= 0.6 is 11.6 Å². The number of hydrogen-bond acceptors (Lipinski definition) is 5. The third kappa shape index (κ3) is 4.56. The highest BCUT2D eigenvalue weighted by Crippen LogP contribution is 2.23. The number of carbonyl (C=O) groups is 2. The molecule has 0 radical (unpaired) electrons. The number of sulfone groups is 1. The molecule has 3 rings (SSSR count). The molecular formula is C19H16ClNO5S. The van der Waals surface area contributed by atoms with Gasteiger partial charge in [-0.1, -0.05) is 41.9 Å². The molecule has 0 N–H and O–H groups in total. The van der Waals surface area contributed by atoms with Crippen molar-refractivity contribution in [3.8, 4) is 0 Å². The van der Waals surface area contributed by atoms with E-state index >= 15 is 0 Å². The van der Waals surface area contributed by atoms with Gasteiger partial charge in [-0.05, 0) is 30.3 Å². The first-order valence-electron chi connectivity index (χ1n) is 8.07. The number of ether oxygens (including phenoxy) is 1. The Hall–Kier alpha value is -2.64. The predicted molar refractivity (Wildman–Crippen MR) is 102 cm³/mol. The zero-order valence-electron chi connectivity index (χ0n) is 14.1. The summed E-state index contributed by atoms with van der Waals surface area (Å²) in [5.41, 5.74) is 0.671. The van der Waals surface area contributed by atoms with E-state index in [0.717, 1.165) is 5.41 Å². The highest BCUT2D eigenvalue weighted by Gasteiger charge is 2.31. The lowest BCUT2D eigenvalue weighted by Crippen LogP contribution is -2.43. The molecule has 1 atom stereocenters.